The maximum absolute atomic E-state index is 13.0. The number of carbonyl (C=O) groups excluding carboxylic acids is 2. The minimum absolute atomic E-state index is 0.230. The Morgan fingerprint density at radius 3 is 2.50 bits per heavy atom. The third-order valence-electron chi connectivity index (χ3n) is 4.57. The number of hydrogen-bond donors (Lipinski definition) is 1. The molecule has 3 rings (SSSR count). The minimum atomic E-state index is -0.706. The number of para-hydroxylation sites is 1. The Bertz CT molecular complexity index is 960. The van der Waals surface area contributed by atoms with Gasteiger partial charge in [0.1, 0.15) is 17.6 Å². The van der Waals surface area contributed by atoms with E-state index >= 15 is 0 Å². The Balaban J connectivity index is 1.69. The number of rotatable bonds is 9. The van der Waals surface area contributed by atoms with Crippen molar-refractivity contribution in [3.05, 3.63) is 89.3 Å². The van der Waals surface area contributed by atoms with E-state index in [-0.39, 0.29) is 31.5 Å². The molecule has 0 aliphatic heterocycles. The SMILES string of the molecule is C[C@H](C(=O)NCc1ccco1)N(Cc1ccccc1)C(=O)COc1ccccc1Cl. The molecule has 2 aromatic carbocycles. The average Bonchev–Trinajstić information content (AvgIpc) is 3.29. The van der Waals surface area contributed by atoms with E-state index < -0.39 is 6.04 Å². The molecule has 0 unspecified atom stereocenters. The summed E-state index contributed by atoms with van der Waals surface area (Å²) in [5, 5.41) is 3.22. The van der Waals surface area contributed by atoms with Crippen molar-refractivity contribution in [3.63, 3.8) is 0 Å². The summed E-state index contributed by atoms with van der Waals surface area (Å²) in [6.45, 7) is 1.99. The van der Waals surface area contributed by atoms with Gasteiger partial charge in [-0.3, -0.25) is 9.59 Å². The molecule has 0 fully saturated rings. The lowest BCUT2D eigenvalue weighted by atomic mass is 10.1. The summed E-state index contributed by atoms with van der Waals surface area (Å²) in [5.74, 6) is 0.452. The van der Waals surface area contributed by atoms with Gasteiger partial charge in [-0.2, -0.15) is 0 Å². The number of hydrogen-bond acceptors (Lipinski definition) is 4. The molecule has 0 aliphatic rings. The molecule has 0 bridgehead atoms. The van der Waals surface area contributed by atoms with Gasteiger partial charge in [0.15, 0.2) is 6.61 Å². The zero-order valence-electron chi connectivity index (χ0n) is 16.6. The Morgan fingerprint density at radius 2 is 1.80 bits per heavy atom. The van der Waals surface area contributed by atoms with Crippen LogP contribution in [0.1, 0.15) is 18.2 Å². The van der Waals surface area contributed by atoms with Crippen molar-refractivity contribution in [2.75, 3.05) is 6.61 Å². The summed E-state index contributed by atoms with van der Waals surface area (Å²) in [5.41, 5.74) is 0.911. The molecule has 0 spiro atoms. The van der Waals surface area contributed by atoms with Crippen LogP contribution in [0.3, 0.4) is 0 Å². The van der Waals surface area contributed by atoms with Gasteiger partial charge in [0.2, 0.25) is 5.91 Å². The number of furan rings is 1. The van der Waals surface area contributed by atoms with E-state index in [2.05, 4.69) is 5.32 Å². The van der Waals surface area contributed by atoms with Crippen molar-refractivity contribution in [3.8, 4) is 5.75 Å². The molecule has 6 nitrogen and oxygen atoms in total. The Hall–Kier alpha value is -3.25. The molecule has 1 aromatic heterocycles. The minimum Gasteiger partial charge on any atom is -0.482 e. The maximum Gasteiger partial charge on any atom is 0.261 e. The molecule has 0 radical (unpaired) electrons. The van der Waals surface area contributed by atoms with Crippen LogP contribution in [-0.2, 0) is 22.7 Å². The normalized spacial score (nSPS) is 11.5. The van der Waals surface area contributed by atoms with Gasteiger partial charge in [-0.05, 0) is 36.8 Å². The van der Waals surface area contributed by atoms with Gasteiger partial charge in [0.05, 0.1) is 17.8 Å². The Morgan fingerprint density at radius 1 is 1.07 bits per heavy atom. The van der Waals surface area contributed by atoms with Crippen LogP contribution < -0.4 is 10.1 Å². The molecular formula is C23H23ClN2O4. The lowest BCUT2D eigenvalue weighted by Crippen LogP contribution is -2.48. The highest BCUT2D eigenvalue weighted by Gasteiger charge is 2.26. The van der Waals surface area contributed by atoms with E-state index in [0.717, 1.165) is 5.56 Å². The summed E-state index contributed by atoms with van der Waals surface area (Å²) in [6.07, 6.45) is 1.54. The number of halogens is 1. The fraction of sp³-hybridized carbons (Fsp3) is 0.217. The first kappa shape index (κ1) is 21.5. The van der Waals surface area contributed by atoms with Crippen molar-refractivity contribution in [2.24, 2.45) is 0 Å². The highest BCUT2D eigenvalue weighted by Crippen LogP contribution is 2.23. The first-order valence-electron chi connectivity index (χ1n) is 9.55. The second-order valence-electron chi connectivity index (χ2n) is 6.70. The molecule has 7 heteroatoms. The molecule has 156 valence electrons. The first-order valence-corrected chi connectivity index (χ1v) is 9.93. The van der Waals surface area contributed by atoms with Crippen LogP contribution in [-0.4, -0.2) is 29.4 Å². The lowest BCUT2D eigenvalue weighted by molar-refractivity contribution is -0.142. The summed E-state index contributed by atoms with van der Waals surface area (Å²) < 4.78 is 10.8. The van der Waals surface area contributed by atoms with Crippen molar-refractivity contribution in [1.29, 1.82) is 0 Å². The van der Waals surface area contributed by atoms with Gasteiger partial charge in [0.25, 0.3) is 5.91 Å². The second-order valence-corrected chi connectivity index (χ2v) is 7.11. The molecule has 0 saturated heterocycles. The van der Waals surface area contributed by atoms with E-state index in [1.165, 1.54) is 4.90 Å². The summed E-state index contributed by atoms with van der Waals surface area (Å²) in [7, 11) is 0. The largest absolute Gasteiger partial charge is 0.482 e. The van der Waals surface area contributed by atoms with E-state index in [0.29, 0.717) is 16.5 Å². The van der Waals surface area contributed by atoms with E-state index in [4.69, 9.17) is 20.8 Å². The topological polar surface area (TPSA) is 71.8 Å². The third kappa shape index (κ3) is 5.87. The highest BCUT2D eigenvalue weighted by molar-refractivity contribution is 6.32. The van der Waals surface area contributed by atoms with Crippen LogP contribution in [0.2, 0.25) is 5.02 Å². The molecule has 1 N–H and O–H groups in total. The van der Waals surface area contributed by atoms with E-state index in [9.17, 15) is 9.59 Å². The molecule has 0 saturated carbocycles. The van der Waals surface area contributed by atoms with Crippen molar-refractivity contribution < 1.29 is 18.7 Å². The summed E-state index contributed by atoms with van der Waals surface area (Å²) in [6, 6.07) is 19.2. The van der Waals surface area contributed by atoms with Crippen LogP contribution in [0.25, 0.3) is 0 Å². The Kier molecular flexibility index (Phi) is 7.51. The zero-order chi connectivity index (χ0) is 21.3. The van der Waals surface area contributed by atoms with Gasteiger partial charge in [-0.1, -0.05) is 54.1 Å². The van der Waals surface area contributed by atoms with Crippen LogP contribution in [0.4, 0.5) is 0 Å². The fourth-order valence-electron chi connectivity index (χ4n) is 2.88. The number of amides is 2. The first-order chi connectivity index (χ1) is 14.5. The van der Waals surface area contributed by atoms with Gasteiger partial charge >= 0.3 is 0 Å². The molecule has 1 atom stereocenters. The third-order valence-corrected chi connectivity index (χ3v) is 4.88. The zero-order valence-corrected chi connectivity index (χ0v) is 17.3. The van der Waals surface area contributed by atoms with Crippen LogP contribution in [0.5, 0.6) is 5.75 Å². The predicted molar refractivity (Wildman–Crippen MR) is 114 cm³/mol. The highest BCUT2D eigenvalue weighted by atomic mass is 35.5. The van der Waals surface area contributed by atoms with Crippen molar-refractivity contribution in [1.82, 2.24) is 10.2 Å². The standard InChI is InChI=1S/C23H23ClN2O4/c1-17(23(28)25-14-19-10-7-13-29-19)26(15-18-8-3-2-4-9-18)22(27)16-30-21-12-6-5-11-20(21)24/h2-13,17H,14-16H2,1H3,(H,25,28)/t17-/m1/s1. The van der Waals surface area contributed by atoms with Crippen molar-refractivity contribution >= 4 is 23.4 Å². The molecular weight excluding hydrogens is 404 g/mol. The molecule has 2 amide bonds. The smallest absolute Gasteiger partial charge is 0.261 e. The maximum atomic E-state index is 13.0. The second kappa shape index (κ2) is 10.5. The number of carbonyl (C=O) groups is 2. The monoisotopic (exact) mass is 426 g/mol. The average molecular weight is 427 g/mol. The van der Waals surface area contributed by atoms with Gasteiger partial charge in [-0.15, -0.1) is 0 Å². The molecule has 1 heterocycles. The van der Waals surface area contributed by atoms with Gasteiger partial charge < -0.3 is 19.4 Å². The van der Waals surface area contributed by atoms with Crippen LogP contribution in [0.15, 0.2) is 77.4 Å². The quantitative estimate of drug-likeness (QED) is 0.560. The number of benzene rings is 2. The van der Waals surface area contributed by atoms with Crippen molar-refractivity contribution in [2.45, 2.75) is 26.1 Å². The number of nitrogens with zero attached hydrogens (tertiary/aromatic N) is 1. The summed E-state index contributed by atoms with van der Waals surface area (Å²) in [4.78, 5) is 27.2. The molecule has 3 aromatic rings. The van der Waals surface area contributed by atoms with E-state index in [1.807, 2.05) is 30.3 Å². The van der Waals surface area contributed by atoms with Crippen LogP contribution in [0, 0.1) is 0 Å². The fourth-order valence-corrected chi connectivity index (χ4v) is 3.07. The van der Waals surface area contributed by atoms with Crippen LogP contribution >= 0.6 is 11.6 Å². The Labute approximate surface area is 180 Å². The molecule has 30 heavy (non-hydrogen) atoms. The predicted octanol–water partition coefficient (Wildman–Crippen LogP) is 4.05. The van der Waals surface area contributed by atoms with Gasteiger partial charge in [0, 0.05) is 6.54 Å². The number of nitrogens with one attached hydrogen (secondary N) is 1. The van der Waals surface area contributed by atoms with E-state index in [1.54, 1.807) is 49.6 Å². The van der Waals surface area contributed by atoms with Gasteiger partial charge in [-0.25, -0.2) is 0 Å². The number of ether oxygens (including phenoxy) is 1. The lowest BCUT2D eigenvalue weighted by Gasteiger charge is -2.28. The summed E-state index contributed by atoms with van der Waals surface area (Å²) >= 11 is 6.10. The molecule has 0 aliphatic carbocycles.